The van der Waals surface area contributed by atoms with Crippen molar-refractivity contribution in [2.24, 2.45) is 0 Å². The third-order valence-electron chi connectivity index (χ3n) is 2.67. The smallest absolute Gasteiger partial charge is 0.175 e. The number of hydrogen-bond donors (Lipinski definition) is 1. The minimum Gasteiger partial charge on any atom is -0.485 e. The first-order valence-electron chi connectivity index (χ1n) is 5.70. The van der Waals surface area contributed by atoms with Crippen LogP contribution in [0.4, 0.5) is 10.1 Å². The highest BCUT2D eigenvalue weighted by Crippen LogP contribution is 2.14. The van der Waals surface area contributed by atoms with Crippen molar-refractivity contribution in [1.82, 2.24) is 14.6 Å². The maximum Gasteiger partial charge on any atom is 0.175 e. The number of nitrogen functional groups attached to an aromatic ring is 1. The molecule has 0 bridgehead atoms. The minimum atomic E-state index is -0.337. The quantitative estimate of drug-likeness (QED) is 0.780. The number of hydrogen-bond acceptors (Lipinski definition) is 4. The summed E-state index contributed by atoms with van der Waals surface area (Å²) < 4.78 is 20.3. The summed E-state index contributed by atoms with van der Waals surface area (Å²) in [4.78, 5) is 0. The summed E-state index contributed by atoms with van der Waals surface area (Å²) >= 11 is 0. The van der Waals surface area contributed by atoms with Gasteiger partial charge in [0.25, 0.3) is 0 Å². The first kappa shape index (κ1) is 11.5. The van der Waals surface area contributed by atoms with Crippen LogP contribution in [0.5, 0.6) is 5.75 Å². The minimum absolute atomic E-state index is 0.203. The first-order valence-corrected chi connectivity index (χ1v) is 5.70. The lowest BCUT2D eigenvalue weighted by Gasteiger charge is -2.05. The molecule has 2 heterocycles. The van der Waals surface area contributed by atoms with Crippen LogP contribution in [0.25, 0.3) is 5.65 Å². The number of fused-ring (bicyclic) bond motifs is 1. The number of aromatic nitrogens is 3. The van der Waals surface area contributed by atoms with Crippen LogP contribution in [0.15, 0.2) is 42.6 Å². The van der Waals surface area contributed by atoms with Gasteiger partial charge in [0.1, 0.15) is 18.2 Å². The molecule has 1 aromatic carbocycles. The highest BCUT2D eigenvalue weighted by atomic mass is 19.1. The van der Waals surface area contributed by atoms with Gasteiger partial charge in [0, 0.05) is 24.0 Å². The molecule has 0 saturated heterocycles. The highest BCUT2D eigenvalue weighted by molar-refractivity contribution is 5.51. The van der Waals surface area contributed by atoms with Crippen molar-refractivity contribution < 1.29 is 9.13 Å². The molecule has 0 fully saturated rings. The number of pyridine rings is 1. The number of benzene rings is 1. The Hall–Kier alpha value is -2.63. The Labute approximate surface area is 108 Å². The molecule has 0 aliphatic rings. The summed E-state index contributed by atoms with van der Waals surface area (Å²) in [7, 11) is 0. The van der Waals surface area contributed by atoms with Crippen LogP contribution < -0.4 is 10.5 Å². The fourth-order valence-corrected chi connectivity index (χ4v) is 1.76. The topological polar surface area (TPSA) is 65.4 Å². The highest BCUT2D eigenvalue weighted by Gasteiger charge is 2.06. The van der Waals surface area contributed by atoms with E-state index in [-0.39, 0.29) is 12.4 Å². The van der Waals surface area contributed by atoms with E-state index in [0.29, 0.717) is 22.9 Å². The number of nitrogens with zero attached hydrogens (tertiary/aromatic N) is 3. The second kappa shape index (κ2) is 4.56. The van der Waals surface area contributed by atoms with Gasteiger partial charge in [0.2, 0.25) is 0 Å². The van der Waals surface area contributed by atoms with Gasteiger partial charge in [-0.15, -0.1) is 10.2 Å². The van der Waals surface area contributed by atoms with Crippen molar-refractivity contribution in [3.63, 3.8) is 0 Å². The lowest BCUT2D eigenvalue weighted by Crippen LogP contribution is -2.01. The summed E-state index contributed by atoms with van der Waals surface area (Å²) in [5.74, 6) is 0.739. The average molecular weight is 258 g/mol. The van der Waals surface area contributed by atoms with Gasteiger partial charge in [0.15, 0.2) is 11.5 Å². The molecule has 0 unspecified atom stereocenters. The van der Waals surface area contributed by atoms with Crippen molar-refractivity contribution in [1.29, 1.82) is 0 Å². The molecule has 2 N–H and O–H groups in total. The standard InChI is InChI=1S/C13H11FN4O/c14-9-2-1-3-11(6-9)19-8-13-17-16-12-7-10(15)4-5-18(12)13/h1-7H,8,15H2. The molecule has 0 amide bonds. The molecule has 3 aromatic rings. The van der Waals surface area contributed by atoms with E-state index < -0.39 is 0 Å². The Morgan fingerprint density at radius 2 is 2.11 bits per heavy atom. The lowest BCUT2D eigenvalue weighted by molar-refractivity contribution is 0.293. The Balaban J connectivity index is 1.82. The van der Waals surface area contributed by atoms with Gasteiger partial charge in [-0.05, 0) is 18.2 Å². The van der Waals surface area contributed by atoms with Crippen LogP contribution >= 0.6 is 0 Å². The molecule has 0 atom stereocenters. The van der Waals surface area contributed by atoms with Crippen LogP contribution in [0, 0.1) is 5.82 Å². The van der Waals surface area contributed by atoms with Crippen molar-refractivity contribution in [2.45, 2.75) is 6.61 Å². The molecule has 6 heteroatoms. The Morgan fingerprint density at radius 3 is 2.95 bits per heavy atom. The zero-order valence-corrected chi connectivity index (χ0v) is 9.95. The van der Waals surface area contributed by atoms with E-state index in [4.69, 9.17) is 10.5 Å². The predicted octanol–water partition coefficient (Wildman–Crippen LogP) is 2.03. The molecule has 19 heavy (non-hydrogen) atoms. The summed E-state index contributed by atoms with van der Waals surface area (Å²) in [6, 6.07) is 9.43. The van der Waals surface area contributed by atoms with Gasteiger partial charge in [-0.3, -0.25) is 4.40 Å². The van der Waals surface area contributed by atoms with Gasteiger partial charge in [-0.1, -0.05) is 6.07 Å². The van der Waals surface area contributed by atoms with Crippen LogP contribution in [0.2, 0.25) is 0 Å². The molecule has 3 rings (SSSR count). The van der Waals surface area contributed by atoms with Crippen LogP contribution in [-0.4, -0.2) is 14.6 Å². The number of halogens is 1. The van der Waals surface area contributed by atoms with E-state index in [0.717, 1.165) is 0 Å². The monoisotopic (exact) mass is 258 g/mol. The molecule has 5 nitrogen and oxygen atoms in total. The number of ether oxygens (including phenoxy) is 1. The van der Waals surface area contributed by atoms with Gasteiger partial charge in [0.05, 0.1) is 0 Å². The van der Waals surface area contributed by atoms with E-state index in [1.807, 2.05) is 0 Å². The third kappa shape index (κ3) is 2.33. The molecule has 96 valence electrons. The van der Waals surface area contributed by atoms with Gasteiger partial charge >= 0.3 is 0 Å². The zero-order valence-electron chi connectivity index (χ0n) is 9.95. The summed E-state index contributed by atoms with van der Waals surface area (Å²) in [6.45, 7) is 0.203. The molecule has 2 aromatic heterocycles. The maximum atomic E-state index is 13.0. The van der Waals surface area contributed by atoms with Crippen LogP contribution in [0.1, 0.15) is 5.82 Å². The lowest BCUT2D eigenvalue weighted by atomic mass is 10.3. The molecule has 0 aliphatic carbocycles. The summed E-state index contributed by atoms with van der Waals surface area (Å²) in [5, 5.41) is 8.00. The van der Waals surface area contributed by atoms with Gasteiger partial charge in [-0.25, -0.2) is 4.39 Å². The van der Waals surface area contributed by atoms with E-state index >= 15 is 0 Å². The predicted molar refractivity (Wildman–Crippen MR) is 68.1 cm³/mol. The van der Waals surface area contributed by atoms with Crippen LogP contribution in [0.3, 0.4) is 0 Å². The largest absolute Gasteiger partial charge is 0.485 e. The molecular weight excluding hydrogens is 247 g/mol. The fraction of sp³-hybridized carbons (Fsp3) is 0.0769. The zero-order chi connectivity index (χ0) is 13.2. The number of anilines is 1. The normalized spacial score (nSPS) is 10.8. The Morgan fingerprint density at radius 1 is 1.21 bits per heavy atom. The molecule has 0 aliphatic heterocycles. The van der Waals surface area contributed by atoms with Gasteiger partial charge < -0.3 is 10.5 Å². The van der Waals surface area contributed by atoms with Crippen molar-refractivity contribution >= 4 is 11.3 Å². The molecular formula is C13H11FN4O. The van der Waals surface area contributed by atoms with E-state index in [2.05, 4.69) is 10.2 Å². The Kier molecular flexibility index (Phi) is 2.75. The Bertz CT molecular complexity index is 725. The second-order valence-electron chi connectivity index (χ2n) is 4.05. The SMILES string of the molecule is Nc1ccn2c(COc3cccc(F)c3)nnc2c1. The van der Waals surface area contributed by atoms with E-state index in [1.54, 1.807) is 34.9 Å². The van der Waals surface area contributed by atoms with Crippen LogP contribution in [-0.2, 0) is 6.61 Å². The third-order valence-corrected chi connectivity index (χ3v) is 2.67. The maximum absolute atomic E-state index is 13.0. The molecule has 0 saturated carbocycles. The summed E-state index contributed by atoms with van der Waals surface area (Å²) in [5.41, 5.74) is 6.93. The average Bonchev–Trinajstić information content (AvgIpc) is 2.78. The molecule has 0 radical (unpaired) electrons. The summed E-state index contributed by atoms with van der Waals surface area (Å²) in [6.07, 6.45) is 1.77. The van der Waals surface area contributed by atoms with Crippen molar-refractivity contribution in [2.75, 3.05) is 5.73 Å². The molecule has 0 spiro atoms. The fourth-order valence-electron chi connectivity index (χ4n) is 1.76. The van der Waals surface area contributed by atoms with Crippen molar-refractivity contribution in [3.8, 4) is 5.75 Å². The number of rotatable bonds is 3. The first-order chi connectivity index (χ1) is 9.22. The van der Waals surface area contributed by atoms with Gasteiger partial charge in [-0.2, -0.15) is 0 Å². The number of nitrogens with two attached hydrogens (primary N) is 1. The van der Waals surface area contributed by atoms with Crippen molar-refractivity contribution in [3.05, 3.63) is 54.2 Å². The van der Waals surface area contributed by atoms with E-state index in [9.17, 15) is 4.39 Å². The van der Waals surface area contributed by atoms with E-state index in [1.165, 1.54) is 12.1 Å². The second-order valence-corrected chi connectivity index (χ2v) is 4.05.